The van der Waals surface area contributed by atoms with Crippen LogP contribution in [0.2, 0.25) is 0 Å². The van der Waals surface area contributed by atoms with Gasteiger partial charge in [-0.05, 0) is 82.2 Å². The maximum Gasteiger partial charge on any atom is 0.408 e. The molecule has 0 aliphatic rings. The third-order valence-corrected chi connectivity index (χ3v) is 6.21. The van der Waals surface area contributed by atoms with E-state index in [9.17, 15) is 19.5 Å². The van der Waals surface area contributed by atoms with Crippen LogP contribution < -0.4 is 10.6 Å². The summed E-state index contributed by atoms with van der Waals surface area (Å²) in [6, 6.07) is 10.2. The first kappa shape index (κ1) is 31.7. The highest BCUT2D eigenvalue weighted by atomic mass is 16.6. The lowest BCUT2D eigenvalue weighted by atomic mass is 9.98. The lowest BCUT2D eigenvalue weighted by molar-refractivity contribution is -0.141. The summed E-state index contributed by atoms with van der Waals surface area (Å²) in [5.74, 6) is -0.702. The molecule has 2 aromatic carbocycles. The number of rotatable bonds is 11. The van der Waals surface area contributed by atoms with Gasteiger partial charge < -0.3 is 25.4 Å². The number of amides is 3. The second-order valence-corrected chi connectivity index (χ2v) is 11.5. The number of para-hydroxylation sites is 1. The van der Waals surface area contributed by atoms with Crippen LogP contribution in [0.1, 0.15) is 83.5 Å². The fraction of sp³-hybridized carbons (Fsp3) is 0.516. The van der Waals surface area contributed by atoms with E-state index in [1.807, 2.05) is 52.8 Å². The Bertz CT molecular complexity index is 1120. The quantitative estimate of drug-likeness (QED) is 0.312. The molecule has 0 heterocycles. The van der Waals surface area contributed by atoms with E-state index in [0.29, 0.717) is 30.6 Å². The topological polar surface area (TPSA) is 108 Å². The number of hydrogen-bond donors (Lipinski definition) is 3. The first-order valence-corrected chi connectivity index (χ1v) is 13.7. The van der Waals surface area contributed by atoms with Gasteiger partial charge in [-0.2, -0.15) is 0 Å². The maximum absolute atomic E-state index is 14.2. The fourth-order valence-electron chi connectivity index (χ4n) is 4.41. The normalized spacial score (nSPS) is 12.9. The third-order valence-electron chi connectivity index (χ3n) is 6.21. The van der Waals surface area contributed by atoms with Crippen molar-refractivity contribution in [1.29, 1.82) is 0 Å². The van der Waals surface area contributed by atoms with Gasteiger partial charge in [0.05, 0.1) is 0 Å². The smallest absolute Gasteiger partial charge is 0.408 e. The third kappa shape index (κ3) is 9.61. The van der Waals surface area contributed by atoms with Gasteiger partial charge >= 0.3 is 6.09 Å². The van der Waals surface area contributed by atoms with E-state index in [1.54, 1.807) is 32.9 Å². The van der Waals surface area contributed by atoms with Gasteiger partial charge in [-0.25, -0.2) is 4.79 Å². The molecular weight excluding hydrogens is 494 g/mol. The van der Waals surface area contributed by atoms with Crippen LogP contribution in [0.5, 0.6) is 5.75 Å². The molecular formula is C31H45N3O5. The lowest BCUT2D eigenvalue weighted by Crippen LogP contribution is -2.53. The van der Waals surface area contributed by atoms with Gasteiger partial charge in [0.1, 0.15) is 23.4 Å². The molecule has 0 saturated carbocycles. The monoisotopic (exact) mass is 539 g/mol. The van der Waals surface area contributed by atoms with Crippen LogP contribution in [-0.4, -0.2) is 46.1 Å². The molecule has 0 fully saturated rings. The Morgan fingerprint density at radius 1 is 1.03 bits per heavy atom. The number of anilines is 1. The molecule has 0 saturated heterocycles. The Labute approximate surface area is 233 Å². The summed E-state index contributed by atoms with van der Waals surface area (Å²) in [6.45, 7) is 15.3. The number of unbranched alkanes of at least 4 members (excludes halogenated alkanes) is 1. The van der Waals surface area contributed by atoms with Gasteiger partial charge in [0.15, 0.2) is 0 Å². The van der Waals surface area contributed by atoms with E-state index in [0.717, 1.165) is 17.5 Å². The van der Waals surface area contributed by atoms with E-state index in [1.165, 1.54) is 17.0 Å². The van der Waals surface area contributed by atoms with Crippen molar-refractivity contribution in [2.75, 3.05) is 11.9 Å². The van der Waals surface area contributed by atoms with E-state index < -0.39 is 29.7 Å². The molecule has 8 heteroatoms. The Morgan fingerprint density at radius 3 is 2.18 bits per heavy atom. The maximum atomic E-state index is 14.2. The molecule has 2 rings (SSSR count). The number of aryl methyl sites for hydroxylation is 2. The van der Waals surface area contributed by atoms with E-state index >= 15 is 0 Å². The minimum atomic E-state index is -1.04. The molecule has 214 valence electrons. The zero-order valence-electron chi connectivity index (χ0n) is 24.6. The van der Waals surface area contributed by atoms with Gasteiger partial charge in [0, 0.05) is 12.2 Å². The highest BCUT2D eigenvalue weighted by molar-refractivity contribution is 6.00. The molecule has 8 nitrogen and oxygen atoms in total. The number of benzene rings is 2. The van der Waals surface area contributed by atoms with Crippen molar-refractivity contribution in [3.63, 3.8) is 0 Å². The van der Waals surface area contributed by atoms with Crippen LogP contribution in [0.25, 0.3) is 0 Å². The molecule has 2 unspecified atom stereocenters. The fourth-order valence-corrected chi connectivity index (χ4v) is 4.41. The molecule has 0 spiro atoms. The predicted octanol–water partition coefficient (Wildman–Crippen LogP) is 6.26. The number of nitrogens with one attached hydrogen (secondary N) is 2. The molecule has 0 aliphatic heterocycles. The van der Waals surface area contributed by atoms with Crippen LogP contribution >= 0.6 is 0 Å². The summed E-state index contributed by atoms with van der Waals surface area (Å²) in [4.78, 5) is 42.4. The minimum Gasteiger partial charge on any atom is -0.508 e. The van der Waals surface area contributed by atoms with Crippen molar-refractivity contribution in [2.45, 2.75) is 92.3 Å². The summed E-state index contributed by atoms with van der Waals surface area (Å²) in [6.07, 6.45) is 1.12. The highest BCUT2D eigenvalue weighted by Gasteiger charge is 2.36. The minimum absolute atomic E-state index is 0.00845. The number of phenolic OH excluding ortho intramolecular Hbond substituents is 1. The summed E-state index contributed by atoms with van der Waals surface area (Å²) >= 11 is 0. The van der Waals surface area contributed by atoms with E-state index in [2.05, 4.69) is 10.6 Å². The van der Waals surface area contributed by atoms with Crippen LogP contribution in [0.3, 0.4) is 0 Å². The van der Waals surface area contributed by atoms with Gasteiger partial charge in [0.25, 0.3) is 5.91 Å². The van der Waals surface area contributed by atoms with Crippen LogP contribution in [0.4, 0.5) is 10.5 Å². The van der Waals surface area contributed by atoms with Gasteiger partial charge in [-0.15, -0.1) is 0 Å². The number of carbonyl (C=O) groups is 3. The van der Waals surface area contributed by atoms with Crippen molar-refractivity contribution in [3.8, 4) is 5.75 Å². The molecule has 0 aliphatic carbocycles. The Hall–Kier alpha value is -3.55. The number of aromatic hydroxyl groups is 1. The Kier molecular flexibility index (Phi) is 11.4. The molecule has 39 heavy (non-hydrogen) atoms. The number of carbonyl (C=O) groups excluding carboxylic acids is 3. The van der Waals surface area contributed by atoms with Crippen molar-refractivity contribution in [1.82, 2.24) is 10.2 Å². The summed E-state index contributed by atoms with van der Waals surface area (Å²) in [5.41, 5.74) is 2.22. The van der Waals surface area contributed by atoms with Crippen LogP contribution in [0.15, 0.2) is 42.5 Å². The molecule has 2 aromatic rings. The van der Waals surface area contributed by atoms with Crippen molar-refractivity contribution >= 4 is 23.6 Å². The largest absolute Gasteiger partial charge is 0.508 e. The number of hydrogen-bond acceptors (Lipinski definition) is 5. The predicted molar refractivity (Wildman–Crippen MR) is 155 cm³/mol. The van der Waals surface area contributed by atoms with Crippen LogP contribution in [0, 0.1) is 19.8 Å². The number of alkyl carbamates (subject to hydrolysis) is 1. The zero-order chi connectivity index (χ0) is 29.3. The second-order valence-electron chi connectivity index (χ2n) is 11.5. The first-order valence-electron chi connectivity index (χ1n) is 13.7. The van der Waals surface area contributed by atoms with Crippen molar-refractivity contribution < 1.29 is 24.2 Å². The molecule has 2 atom stereocenters. The van der Waals surface area contributed by atoms with Gasteiger partial charge in [-0.3, -0.25) is 9.59 Å². The Balaban J connectivity index is 2.57. The highest BCUT2D eigenvalue weighted by Crippen LogP contribution is 2.29. The second kappa shape index (κ2) is 14.0. The molecule has 3 amide bonds. The van der Waals surface area contributed by atoms with E-state index in [-0.39, 0.29) is 17.6 Å². The SMILES string of the molecule is CCCCN(C(=O)C(CC(C)C)NC(=O)OC(C)(C)C)C(C(=O)Nc1c(C)cccc1C)c1cccc(O)c1. The first-order chi connectivity index (χ1) is 18.2. The average Bonchev–Trinajstić information content (AvgIpc) is 2.81. The summed E-state index contributed by atoms with van der Waals surface area (Å²) in [5, 5.41) is 16.1. The lowest BCUT2D eigenvalue weighted by Gasteiger charge is -2.35. The number of nitrogens with zero attached hydrogens (tertiary/aromatic N) is 1. The molecule has 0 aromatic heterocycles. The molecule has 0 bridgehead atoms. The van der Waals surface area contributed by atoms with Crippen molar-refractivity contribution in [3.05, 3.63) is 59.2 Å². The van der Waals surface area contributed by atoms with Crippen molar-refractivity contribution in [2.24, 2.45) is 5.92 Å². The summed E-state index contributed by atoms with van der Waals surface area (Å²) in [7, 11) is 0. The number of ether oxygens (including phenoxy) is 1. The zero-order valence-corrected chi connectivity index (χ0v) is 24.6. The van der Waals surface area contributed by atoms with Gasteiger partial charge in [-0.1, -0.05) is 57.5 Å². The van der Waals surface area contributed by atoms with E-state index in [4.69, 9.17) is 4.74 Å². The number of phenols is 1. The average molecular weight is 540 g/mol. The van der Waals surface area contributed by atoms with Crippen LogP contribution in [-0.2, 0) is 14.3 Å². The molecule has 3 N–H and O–H groups in total. The summed E-state index contributed by atoms with van der Waals surface area (Å²) < 4.78 is 5.44. The standard InChI is InChI=1S/C31H45N3O5/c1-9-10-17-34(29(37)25(18-20(2)3)32-30(38)39-31(6,7)8)27(23-15-12-16-24(35)19-23)28(36)33-26-21(4)13-11-14-22(26)5/h11-16,19-20,25,27,35H,9-10,17-18H2,1-8H3,(H,32,38)(H,33,36). The molecule has 0 radical (unpaired) electrons. The Morgan fingerprint density at radius 2 is 1.64 bits per heavy atom. The van der Waals surface area contributed by atoms with Gasteiger partial charge in [0.2, 0.25) is 5.91 Å².